The number of hydrogen-bond donors (Lipinski definition) is 0. The van der Waals surface area contributed by atoms with Crippen LogP contribution in [0.1, 0.15) is 25.5 Å². The summed E-state index contributed by atoms with van der Waals surface area (Å²) in [6.07, 6.45) is 3.97. The molecular weight excluding hydrogens is 441 g/mol. The van der Waals surface area contributed by atoms with Gasteiger partial charge in [-0.25, -0.2) is 17.2 Å². The molecule has 0 aliphatic rings. The van der Waals surface area contributed by atoms with Crippen molar-refractivity contribution in [2.24, 2.45) is 0 Å². The van der Waals surface area contributed by atoms with E-state index >= 15 is 0 Å². The first kappa shape index (κ1) is 17.2. The molecule has 0 spiro atoms. The van der Waals surface area contributed by atoms with Crippen LogP contribution in [0.5, 0.6) is 0 Å². The average molecular weight is 457 g/mol. The Kier molecular flexibility index (Phi) is 4.82. The van der Waals surface area contributed by atoms with Gasteiger partial charge in [-0.1, -0.05) is 31.5 Å². The zero-order chi connectivity index (χ0) is 17.3. The van der Waals surface area contributed by atoms with E-state index < -0.39 is 15.6 Å². The molecule has 0 aliphatic carbocycles. The van der Waals surface area contributed by atoms with Crippen LogP contribution in [0, 0.1) is 3.57 Å². The van der Waals surface area contributed by atoms with Crippen molar-refractivity contribution in [1.82, 2.24) is 3.97 Å². The lowest BCUT2D eigenvalue weighted by molar-refractivity contribution is 0.454. The van der Waals surface area contributed by atoms with E-state index in [2.05, 4.69) is 29.5 Å². The number of halogens is 1. The van der Waals surface area contributed by atoms with Gasteiger partial charge in [0, 0.05) is 18.0 Å². The number of aryl methyl sites for hydroxylation is 1. The first-order valence-electron chi connectivity index (χ1n) is 7.60. The summed E-state index contributed by atoms with van der Waals surface area (Å²) >= 11 is 2.11. The molecule has 126 valence electrons. The Bertz CT molecular complexity index is 1040. The average Bonchev–Trinajstić information content (AvgIpc) is 3.04. The molecule has 0 aliphatic heterocycles. The first-order chi connectivity index (χ1) is 11.5. The van der Waals surface area contributed by atoms with Gasteiger partial charge in [0.25, 0.3) is 10.0 Å². The highest BCUT2D eigenvalue weighted by molar-refractivity contribution is 14.1. The molecule has 2 aromatic heterocycles. The molecule has 0 saturated carbocycles. The lowest BCUT2D eigenvalue weighted by Gasteiger charge is -2.08. The predicted molar refractivity (Wildman–Crippen MR) is 101 cm³/mol. The molecular formula is C17H16INO4S. The van der Waals surface area contributed by atoms with Gasteiger partial charge in [-0.2, -0.15) is 0 Å². The highest BCUT2D eigenvalue weighted by Crippen LogP contribution is 2.26. The molecule has 0 atom stereocenters. The Balaban J connectivity index is 2.22. The maximum absolute atomic E-state index is 12.8. The summed E-state index contributed by atoms with van der Waals surface area (Å²) < 4.78 is 32.8. The summed E-state index contributed by atoms with van der Waals surface area (Å²) in [7, 11) is -3.84. The smallest absolute Gasteiger partial charge is 0.361 e. The second-order valence-electron chi connectivity index (χ2n) is 5.42. The van der Waals surface area contributed by atoms with E-state index in [1.165, 1.54) is 18.3 Å². The fourth-order valence-corrected chi connectivity index (χ4v) is 4.73. The third-order valence-corrected chi connectivity index (χ3v) is 6.67. The zero-order valence-electron chi connectivity index (χ0n) is 13.0. The van der Waals surface area contributed by atoms with Crippen molar-refractivity contribution in [2.45, 2.75) is 31.1 Å². The summed E-state index contributed by atoms with van der Waals surface area (Å²) in [5.74, 6) is 0.616. The highest BCUT2D eigenvalue weighted by Gasteiger charge is 2.23. The molecule has 3 aromatic rings. The van der Waals surface area contributed by atoms with Crippen LogP contribution in [0.4, 0.5) is 0 Å². The summed E-state index contributed by atoms with van der Waals surface area (Å²) in [5, 5.41) is 0.609. The summed E-state index contributed by atoms with van der Waals surface area (Å²) in [4.78, 5) is 12.6. The lowest BCUT2D eigenvalue weighted by atomic mass is 10.2. The van der Waals surface area contributed by atoms with Gasteiger partial charge in [0.1, 0.15) is 5.76 Å². The largest absolute Gasteiger partial charge is 0.425 e. The van der Waals surface area contributed by atoms with Gasteiger partial charge in [0.05, 0.1) is 8.47 Å². The quantitative estimate of drug-likeness (QED) is 0.547. The SMILES string of the molecule is CCCCc1oc(=O)c2c(ccn2S(=O)(=O)c2ccccc2)c1I. The topological polar surface area (TPSA) is 69.3 Å². The molecule has 2 heterocycles. The van der Waals surface area contributed by atoms with E-state index in [1.54, 1.807) is 24.3 Å². The van der Waals surface area contributed by atoms with Gasteiger partial charge in [-0.15, -0.1) is 0 Å². The number of unbranched alkanes of at least 4 members (excludes halogenated alkanes) is 1. The Morgan fingerprint density at radius 3 is 2.54 bits per heavy atom. The van der Waals surface area contributed by atoms with Gasteiger partial charge in [0.2, 0.25) is 0 Å². The number of fused-ring (bicyclic) bond motifs is 1. The maximum Gasteiger partial charge on any atom is 0.361 e. The van der Waals surface area contributed by atoms with Crippen LogP contribution in [0.2, 0.25) is 0 Å². The van der Waals surface area contributed by atoms with Crippen molar-refractivity contribution in [3.8, 4) is 0 Å². The maximum atomic E-state index is 12.8. The van der Waals surface area contributed by atoms with Crippen molar-refractivity contribution in [1.29, 1.82) is 0 Å². The molecule has 0 radical (unpaired) electrons. The van der Waals surface area contributed by atoms with E-state index in [4.69, 9.17) is 4.42 Å². The van der Waals surface area contributed by atoms with Gasteiger partial charge < -0.3 is 4.42 Å². The predicted octanol–water partition coefficient (Wildman–Crippen LogP) is 3.78. The van der Waals surface area contributed by atoms with Crippen LogP contribution >= 0.6 is 22.6 Å². The lowest BCUT2D eigenvalue weighted by Crippen LogP contribution is -2.17. The van der Waals surface area contributed by atoms with E-state index in [0.29, 0.717) is 17.6 Å². The number of nitrogens with zero attached hydrogens (tertiary/aromatic N) is 1. The number of benzene rings is 1. The molecule has 0 saturated heterocycles. The third kappa shape index (κ3) is 2.90. The van der Waals surface area contributed by atoms with Crippen LogP contribution in [0.25, 0.3) is 10.9 Å². The van der Waals surface area contributed by atoms with Crippen molar-refractivity contribution < 1.29 is 12.8 Å². The fourth-order valence-electron chi connectivity index (χ4n) is 2.55. The van der Waals surface area contributed by atoms with E-state index in [-0.39, 0.29) is 10.4 Å². The summed E-state index contributed by atoms with van der Waals surface area (Å²) in [5.41, 5.74) is -0.565. The van der Waals surface area contributed by atoms with Gasteiger partial charge >= 0.3 is 5.63 Å². The molecule has 0 bridgehead atoms. The first-order valence-corrected chi connectivity index (χ1v) is 10.1. The van der Waals surface area contributed by atoms with Gasteiger partial charge in [-0.05, 0) is 47.2 Å². The molecule has 5 nitrogen and oxygen atoms in total. The Labute approximate surface area is 153 Å². The molecule has 0 N–H and O–H groups in total. The minimum Gasteiger partial charge on any atom is -0.425 e. The minimum atomic E-state index is -3.84. The highest BCUT2D eigenvalue weighted by atomic mass is 127. The van der Waals surface area contributed by atoms with Crippen LogP contribution in [0.3, 0.4) is 0 Å². The fraction of sp³-hybridized carbons (Fsp3) is 0.235. The normalized spacial score (nSPS) is 11.9. The molecule has 24 heavy (non-hydrogen) atoms. The van der Waals surface area contributed by atoms with Crippen LogP contribution in [-0.4, -0.2) is 12.4 Å². The number of rotatable bonds is 5. The Morgan fingerprint density at radius 2 is 1.88 bits per heavy atom. The summed E-state index contributed by atoms with van der Waals surface area (Å²) in [6, 6.07) is 9.70. The zero-order valence-corrected chi connectivity index (χ0v) is 16.0. The van der Waals surface area contributed by atoms with Crippen LogP contribution in [0.15, 0.2) is 56.7 Å². The van der Waals surface area contributed by atoms with Crippen molar-refractivity contribution >= 4 is 43.5 Å². The standard InChI is InChI=1S/C17H16INO4S/c1-2-3-9-14-15(18)13-10-11-19(16(13)17(20)23-14)24(21,22)12-7-5-4-6-8-12/h4-8,10-11H,2-3,9H2,1H3. The van der Waals surface area contributed by atoms with Crippen molar-refractivity contribution in [2.75, 3.05) is 0 Å². The molecule has 7 heteroatoms. The summed E-state index contributed by atoms with van der Waals surface area (Å²) in [6.45, 7) is 2.06. The van der Waals surface area contributed by atoms with Crippen LogP contribution < -0.4 is 5.63 Å². The molecule has 1 aromatic carbocycles. The molecule has 3 rings (SSSR count). The molecule has 0 unspecified atom stereocenters. The van der Waals surface area contributed by atoms with Crippen LogP contribution in [-0.2, 0) is 16.4 Å². The Morgan fingerprint density at radius 1 is 1.17 bits per heavy atom. The van der Waals surface area contributed by atoms with E-state index in [0.717, 1.165) is 20.4 Å². The van der Waals surface area contributed by atoms with Gasteiger partial charge in [0.15, 0.2) is 5.52 Å². The second-order valence-corrected chi connectivity index (χ2v) is 8.32. The Hall–Kier alpha value is -1.61. The number of hydrogen-bond acceptors (Lipinski definition) is 4. The second kappa shape index (κ2) is 6.72. The van der Waals surface area contributed by atoms with Crippen molar-refractivity contribution in [3.63, 3.8) is 0 Å². The number of aromatic nitrogens is 1. The third-order valence-electron chi connectivity index (χ3n) is 3.80. The molecule has 0 amide bonds. The van der Waals surface area contributed by atoms with E-state index in [9.17, 15) is 13.2 Å². The van der Waals surface area contributed by atoms with Gasteiger partial charge in [-0.3, -0.25) is 0 Å². The molecule has 0 fully saturated rings. The van der Waals surface area contributed by atoms with Crippen molar-refractivity contribution in [3.05, 3.63) is 62.3 Å². The minimum absolute atomic E-state index is 0.0588. The van der Waals surface area contributed by atoms with E-state index in [1.807, 2.05) is 0 Å². The monoisotopic (exact) mass is 457 g/mol.